The summed E-state index contributed by atoms with van der Waals surface area (Å²) in [7, 11) is 1.52. The molecule has 0 unspecified atom stereocenters. The molecule has 0 radical (unpaired) electrons. The van der Waals surface area contributed by atoms with E-state index >= 15 is 0 Å². The zero-order valence-electron chi connectivity index (χ0n) is 6.58. The maximum atomic E-state index is 10.5. The van der Waals surface area contributed by atoms with E-state index in [0.29, 0.717) is 13.8 Å². The highest BCUT2D eigenvalue weighted by Gasteiger charge is 2.15. The van der Waals surface area contributed by atoms with Gasteiger partial charge in [-0.05, 0) is 38.5 Å². The predicted molar refractivity (Wildman–Crippen MR) is 60.1 cm³/mol. The number of nitro groups is 1. The van der Waals surface area contributed by atoms with Crippen LogP contribution in [-0.4, -0.2) is 12.0 Å². The van der Waals surface area contributed by atoms with Crippen LogP contribution < -0.4 is 4.74 Å². The lowest BCUT2D eigenvalue weighted by Gasteiger charge is -2.03. The second-order valence-electron chi connectivity index (χ2n) is 2.20. The first-order valence-corrected chi connectivity index (χ1v) is 5.11. The third kappa shape index (κ3) is 2.31. The molecule has 1 rings (SSSR count). The first-order valence-electron chi connectivity index (χ1n) is 3.23. The molecule has 0 bridgehead atoms. The molecule has 0 aliphatic rings. The van der Waals surface area contributed by atoms with Crippen molar-refractivity contribution in [3.05, 3.63) is 30.3 Å². The Morgan fingerprint density at radius 1 is 1.62 bits per heavy atom. The molecule has 0 atom stereocenters. The van der Waals surface area contributed by atoms with Crippen molar-refractivity contribution in [3.63, 3.8) is 0 Å². The molecule has 0 spiro atoms. The Balaban J connectivity index is 3.28. The van der Waals surface area contributed by atoms with E-state index in [1.807, 2.05) is 22.6 Å². The molecule has 13 heavy (non-hydrogen) atoms. The monoisotopic (exact) mass is 357 g/mol. The quantitative estimate of drug-likeness (QED) is 0.464. The average Bonchev–Trinajstić information content (AvgIpc) is 2.07. The number of ether oxygens (including phenoxy) is 1. The lowest BCUT2D eigenvalue weighted by molar-refractivity contribution is -0.385. The molecule has 6 heteroatoms. The zero-order chi connectivity index (χ0) is 10.0. The van der Waals surface area contributed by atoms with E-state index in [-0.39, 0.29) is 5.69 Å². The summed E-state index contributed by atoms with van der Waals surface area (Å²) in [5, 5.41) is 10.5. The van der Waals surface area contributed by atoms with E-state index in [9.17, 15) is 10.1 Å². The molecular formula is C7H5BrINO3. The van der Waals surface area contributed by atoms with E-state index in [1.54, 1.807) is 6.07 Å². The molecule has 1 aromatic rings. The van der Waals surface area contributed by atoms with Gasteiger partial charge < -0.3 is 4.74 Å². The van der Waals surface area contributed by atoms with Gasteiger partial charge in [-0.15, -0.1) is 0 Å². The Morgan fingerprint density at radius 3 is 2.69 bits per heavy atom. The fourth-order valence-electron chi connectivity index (χ4n) is 0.814. The molecule has 0 saturated heterocycles. The van der Waals surface area contributed by atoms with Crippen molar-refractivity contribution in [2.24, 2.45) is 0 Å². The van der Waals surface area contributed by atoms with Crippen LogP contribution >= 0.6 is 38.5 Å². The van der Waals surface area contributed by atoms with E-state index < -0.39 is 4.92 Å². The molecule has 0 aliphatic heterocycles. The smallest absolute Gasteiger partial charge is 0.284 e. The first kappa shape index (κ1) is 10.7. The Kier molecular flexibility index (Phi) is 3.48. The van der Waals surface area contributed by atoms with Crippen molar-refractivity contribution >= 4 is 44.2 Å². The number of halogens is 2. The molecule has 0 heterocycles. The number of rotatable bonds is 2. The standard InChI is InChI=1S/C7H5BrINO3/c1-13-7-3-5(9)6(10(11)12)2-4(7)8/h2-3H,1H3. The third-order valence-corrected chi connectivity index (χ3v) is 2.90. The number of hydrogen-bond donors (Lipinski definition) is 0. The Morgan fingerprint density at radius 2 is 2.23 bits per heavy atom. The summed E-state index contributed by atoms with van der Waals surface area (Å²) in [5.74, 6) is 0.593. The third-order valence-electron chi connectivity index (χ3n) is 1.42. The number of hydrogen-bond acceptors (Lipinski definition) is 3. The molecular weight excluding hydrogens is 353 g/mol. The zero-order valence-corrected chi connectivity index (χ0v) is 10.3. The number of nitro benzene ring substituents is 1. The summed E-state index contributed by atoms with van der Waals surface area (Å²) < 4.78 is 6.13. The highest BCUT2D eigenvalue weighted by atomic mass is 127. The van der Waals surface area contributed by atoms with Gasteiger partial charge in [0.05, 0.1) is 20.1 Å². The van der Waals surface area contributed by atoms with E-state index in [0.717, 1.165) is 0 Å². The first-order chi connectivity index (χ1) is 6.06. The van der Waals surface area contributed by atoms with Crippen LogP contribution in [0.4, 0.5) is 5.69 Å². The van der Waals surface area contributed by atoms with Gasteiger partial charge in [0, 0.05) is 12.1 Å². The van der Waals surface area contributed by atoms with Crippen molar-refractivity contribution in [1.82, 2.24) is 0 Å². The van der Waals surface area contributed by atoms with Crippen LogP contribution in [0.5, 0.6) is 5.75 Å². The summed E-state index contributed by atoms with van der Waals surface area (Å²) >= 11 is 5.08. The Labute approximate surface area is 96.7 Å². The van der Waals surface area contributed by atoms with Crippen molar-refractivity contribution < 1.29 is 9.66 Å². The van der Waals surface area contributed by atoms with Crippen LogP contribution in [0, 0.1) is 13.7 Å². The maximum Gasteiger partial charge on any atom is 0.284 e. The number of benzene rings is 1. The summed E-state index contributed by atoms with van der Waals surface area (Å²) in [6.45, 7) is 0. The molecule has 0 saturated carbocycles. The molecule has 0 fully saturated rings. The van der Waals surface area contributed by atoms with E-state index in [2.05, 4.69) is 15.9 Å². The van der Waals surface area contributed by atoms with Crippen LogP contribution in [-0.2, 0) is 0 Å². The SMILES string of the molecule is COc1cc(I)c([N+](=O)[O-])cc1Br. The van der Waals surface area contributed by atoms with Gasteiger partial charge in [0.1, 0.15) is 5.75 Å². The molecule has 1 aromatic carbocycles. The average molecular weight is 358 g/mol. The number of nitrogens with zero attached hydrogens (tertiary/aromatic N) is 1. The highest BCUT2D eigenvalue weighted by Crippen LogP contribution is 2.33. The van der Waals surface area contributed by atoms with Gasteiger partial charge in [-0.25, -0.2) is 0 Å². The molecule has 0 amide bonds. The van der Waals surface area contributed by atoms with Crippen molar-refractivity contribution in [1.29, 1.82) is 0 Å². The minimum atomic E-state index is -0.425. The second kappa shape index (κ2) is 4.23. The lowest BCUT2D eigenvalue weighted by Crippen LogP contribution is -1.93. The van der Waals surface area contributed by atoms with Crippen LogP contribution in [0.1, 0.15) is 0 Å². The second-order valence-corrected chi connectivity index (χ2v) is 4.21. The van der Waals surface area contributed by atoms with Gasteiger partial charge in [-0.1, -0.05) is 0 Å². The Bertz CT molecular complexity index is 356. The minimum Gasteiger partial charge on any atom is -0.496 e. The van der Waals surface area contributed by atoms with Crippen LogP contribution in [0.25, 0.3) is 0 Å². The minimum absolute atomic E-state index is 0.0771. The van der Waals surface area contributed by atoms with Gasteiger partial charge in [-0.2, -0.15) is 0 Å². The van der Waals surface area contributed by atoms with Crippen molar-refractivity contribution in [2.45, 2.75) is 0 Å². The van der Waals surface area contributed by atoms with Gasteiger partial charge >= 0.3 is 0 Å². The van der Waals surface area contributed by atoms with Crippen LogP contribution in [0.2, 0.25) is 0 Å². The highest BCUT2D eigenvalue weighted by molar-refractivity contribution is 14.1. The fourth-order valence-corrected chi connectivity index (χ4v) is 1.94. The van der Waals surface area contributed by atoms with E-state index in [4.69, 9.17) is 4.74 Å². The summed E-state index contributed by atoms with van der Waals surface area (Å²) in [6, 6.07) is 3.05. The molecule has 0 N–H and O–H groups in total. The molecule has 4 nitrogen and oxygen atoms in total. The maximum absolute atomic E-state index is 10.5. The van der Waals surface area contributed by atoms with Gasteiger partial charge in [0.25, 0.3) is 5.69 Å². The van der Waals surface area contributed by atoms with Crippen LogP contribution in [0.15, 0.2) is 16.6 Å². The summed E-state index contributed by atoms with van der Waals surface area (Å²) in [4.78, 5) is 10.1. The molecule has 0 aliphatic carbocycles. The Hall–Kier alpha value is -0.370. The number of methoxy groups -OCH3 is 1. The summed E-state index contributed by atoms with van der Waals surface area (Å²) in [5.41, 5.74) is 0.0771. The summed E-state index contributed by atoms with van der Waals surface area (Å²) in [6.07, 6.45) is 0. The van der Waals surface area contributed by atoms with Crippen molar-refractivity contribution in [2.75, 3.05) is 7.11 Å². The predicted octanol–water partition coefficient (Wildman–Crippen LogP) is 2.97. The normalized spacial score (nSPS) is 9.77. The molecule has 0 aromatic heterocycles. The van der Waals surface area contributed by atoms with E-state index in [1.165, 1.54) is 13.2 Å². The largest absolute Gasteiger partial charge is 0.496 e. The van der Waals surface area contributed by atoms with Crippen molar-refractivity contribution in [3.8, 4) is 5.75 Å². The van der Waals surface area contributed by atoms with Gasteiger partial charge in [0.15, 0.2) is 0 Å². The van der Waals surface area contributed by atoms with Crippen LogP contribution in [0.3, 0.4) is 0 Å². The topological polar surface area (TPSA) is 52.4 Å². The molecule has 70 valence electrons. The fraction of sp³-hybridized carbons (Fsp3) is 0.143. The lowest BCUT2D eigenvalue weighted by atomic mass is 10.3. The van der Waals surface area contributed by atoms with Gasteiger partial charge in [0.2, 0.25) is 0 Å². The van der Waals surface area contributed by atoms with Gasteiger partial charge in [-0.3, -0.25) is 10.1 Å².